The van der Waals surface area contributed by atoms with Gasteiger partial charge in [0.1, 0.15) is 12.2 Å². The maximum absolute atomic E-state index is 12.1. The molecule has 0 spiro atoms. The molecule has 0 aliphatic carbocycles. The predicted molar refractivity (Wildman–Crippen MR) is 78.6 cm³/mol. The molecule has 2 rings (SSSR count). The molecule has 0 fully saturated rings. The summed E-state index contributed by atoms with van der Waals surface area (Å²) in [5.74, 6) is 2.41. The predicted octanol–water partition coefficient (Wildman–Crippen LogP) is 0.988. The molecule has 120 valence electrons. The van der Waals surface area contributed by atoms with Gasteiger partial charge in [-0.15, -0.1) is 10.2 Å². The summed E-state index contributed by atoms with van der Waals surface area (Å²) in [5.41, 5.74) is 0. The zero-order chi connectivity index (χ0) is 16.1. The Balaban J connectivity index is 1.83. The van der Waals surface area contributed by atoms with Crippen molar-refractivity contribution in [3.63, 3.8) is 0 Å². The summed E-state index contributed by atoms with van der Waals surface area (Å²) in [6.07, 6.45) is 3.32. The molecule has 0 N–H and O–H groups in total. The highest BCUT2D eigenvalue weighted by Crippen LogP contribution is 2.08. The minimum absolute atomic E-state index is 0.00612. The maximum atomic E-state index is 12.1. The summed E-state index contributed by atoms with van der Waals surface area (Å²) < 4.78 is 6.98. The van der Waals surface area contributed by atoms with Crippen LogP contribution in [0.1, 0.15) is 37.8 Å². The minimum Gasteiger partial charge on any atom is -0.337 e. The second-order valence-electron chi connectivity index (χ2n) is 5.81. The molecule has 0 aliphatic rings. The molecule has 0 atom stereocenters. The van der Waals surface area contributed by atoms with Crippen LogP contribution >= 0.6 is 0 Å². The van der Waals surface area contributed by atoms with Gasteiger partial charge in [-0.05, 0) is 5.92 Å². The molecule has 22 heavy (non-hydrogen) atoms. The zero-order valence-electron chi connectivity index (χ0n) is 13.5. The Labute approximate surface area is 129 Å². The molecular weight excluding hydrogens is 284 g/mol. The number of nitrogens with zero attached hydrogens (tertiary/aromatic N) is 6. The van der Waals surface area contributed by atoms with Crippen LogP contribution in [0.5, 0.6) is 0 Å². The fourth-order valence-corrected chi connectivity index (χ4v) is 2.04. The minimum atomic E-state index is 0.00612. The second kappa shape index (κ2) is 7.15. The molecule has 0 bridgehead atoms. The van der Waals surface area contributed by atoms with E-state index in [1.807, 2.05) is 11.6 Å². The molecule has 0 saturated heterocycles. The molecule has 8 heteroatoms. The topological polar surface area (TPSA) is 89.9 Å². The first-order chi connectivity index (χ1) is 10.5. The maximum Gasteiger partial charge on any atom is 0.246 e. The number of carbonyl (C=O) groups excluding carboxylic acids is 1. The smallest absolute Gasteiger partial charge is 0.246 e. The largest absolute Gasteiger partial charge is 0.337 e. The Hall–Kier alpha value is -2.25. The molecule has 1 amide bonds. The van der Waals surface area contributed by atoms with Gasteiger partial charge >= 0.3 is 0 Å². The van der Waals surface area contributed by atoms with Crippen LogP contribution in [0.15, 0.2) is 10.9 Å². The zero-order valence-corrected chi connectivity index (χ0v) is 13.5. The highest BCUT2D eigenvalue weighted by atomic mass is 16.5. The van der Waals surface area contributed by atoms with E-state index < -0.39 is 0 Å². The Bertz CT molecular complexity index is 618. The third-order valence-corrected chi connectivity index (χ3v) is 3.27. The third-order valence-electron chi connectivity index (χ3n) is 3.27. The van der Waals surface area contributed by atoms with Crippen LogP contribution in [-0.4, -0.2) is 42.8 Å². The van der Waals surface area contributed by atoms with Crippen LogP contribution in [0.3, 0.4) is 0 Å². The van der Waals surface area contributed by atoms with Crippen molar-refractivity contribution in [2.45, 2.75) is 39.7 Å². The number of hydrogen-bond acceptors (Lipinski definition) is 6. The summed E-state index contributed by atoms with van der Waals surface area (Å²) in [6.45, 7) is 4.51. The summed E-state index contributed by atoms with van der Waals surface area (Å²) >= 11 is 0. The Morgan fingerprint density at radius 2 is 2.23 bits per heavy atom. The standard InChI is InChI=1S/C14H22N6O2/c1-10(2)7-11-16-13(22-18-11)8-19(3)14(21)6-5-12-17-15-9-20(12)4/h9-10H,5-8H2,1-4H3. The normalized spacial score (nSPS) is 11.1. The van der Waals surface area contributed by atoms with Crippen molar-refractivity contribution >= 4 is 5.91 Å². The van der Waals surface area contributed by atoms with Gasteiger partial charge in [0.2, 0.25) is 11.8 Å². The summed E-state index contributed by atoms with van der Waals surface area (Å²) in [5, 5.41) is 11.7. The average Bonchev–Trinajstić information content (AvgIpc) is 3.04. The summed E-state index contributed by atoms with van der Waals surface area (Å²) in [7, 11) is 3.59. The lowest BCUT2D eigenvalue weighted by Gasteiger charge is -2.14. The molecule has 0 radical (unpaired) electrons. The second-order valence-corrected chi connectivity index (χ2v) is 5.81. The number of aromatic nitrogens is 5. The van der Waals surface area contributed by atoms with Gasteiger partial charge in [-0.2, -0.15) is 4.98 Å². The molecule has 2 aromatic heterocycles. The lowest BCUT2D eigenvalue weighted by molar-refractivity contribution is -0.130. The molecule has 8 nitrogen and oxygen atoms in total. The van der Waals surface area contributed by atoms with Gasteiger partial charge in [-0.1, -0.05) is 19.0 Å². The lowest BCUT2D eigenvalue weighted by atomic mass is 10.1. The third kappa shape index (κ3) is 4.37. The van der Waals surface area contributed by atoms with Crippen molar-refractivity contribution in [2.75, 3.05) is 7.05 Å². The number of carbonyl (C=O) groups is 1. The molecule has 0 aromatic carbocycles. The average molecular weight is 306 g/mol. The molecule has 0 unspecified atom stereocenters. The van der Waals surface area contributed by atoms with Gasteiger partial charge in [0.25, 0.3) is 0 Å². The van der Waals surface area contributed by atoms with Crippen LogP contribution < -0.4 is 0 Å². The van der Waals surface area contributed by atoms with Crippen LogP contribution in [0.2, 0.25) is 0 Å². The van der Waals surface area contributed by atoms with E-state index in [1.54, 1.807) is 18.3 Å². The number of aryl methyl sites for hydroxylation is 2. The molecule has 0 saturated carbocycles. The van der Waals surface area contributed by atoms with Crippen molar-refractivity contribution in [1.82, 2.24) is 29.8 Å². The first-order valence-electron chi connectivity index (χ1n) is 7.34. The molecule has 2 aromatic rings. The first-order valence-corrected chi connectivity index (χ1v) is 7.34. The van der Waals surface area contributed by atoms with Gasteiger partial charge in [0.05, 0.1) is 6.54 Å². The number of amides is 1. The molecule has 0 aliphatic heterocycles. The van der Waals surface area contributed by atoms with E-state index in [1.165, 1.54) is 0 Å². The van der Waals surface area contributed by atoms with Crippen LogP contribution in [0.25, 0.3) is 0 Å². The van der Waals surface area contributed by atoms with Crippen LogP contribution in [-0.2, 0) is 31.2 Å². The highest BCUT2D eigenvalue weighted by molar-refractivity contribution is 5.75. The van der Waals surface area contributed by atoms with Gasteiger partial charge < -0.3 is 14.0 Å². The SMILES string of the molecule is CC(C)Cc1noc(CN(C)C(=O)CCc2nncn2C)n1. The van der Waals surface area contributed by atoms with E-state index in [4.69, 9.17) is 4.52 Å². The van der Waals surface area contributed by atoms with E-state index in [0.29, 0.717) is 37.0 Å². The first kappa shape index (κ1) is 16.1. The summed E-state index contributed by atoms with van der Waals surface area (Å²) in [6, 6.07) is 0. The van der Waals surface area contributed by atoms with Crippen molar-refractivity contribution in [3.05, 3.63) is 23.9 Å². The lowest BCUT2D eigenvalue weighted by Crippen LogP contribution is -2.26. The van der Waals surface area contributed by atoms with E-state index >= 15 is 0 Å². The van der Waals surface area contributed by atoms with Crippen molar-refractivity contribution < 1.29 is 9.32 Å². The highest BCUT2D eigenvalue weighted by Gasteiger charge is 2.15. The number of rotatable bonds is 7. The molecular formula is C14H22N6O2. The number of hydrogen-bond donors (Lipinski definition) is 0. The molecule has 2 heterocycles. The van der Waals surface area contributed by atoms with Gasteiger partial charge in [-0.25, -0.2) is 0 Å². The monoisotopic (exact) mass is 306 g/mol. The Kier molecular flexibility index (Phi) is 5.24. The van der Waals surface area contributed by atoms with E-state index in [9.17, 15) is 4.79 Å². The van der Waals surface area contributed by atoms with E-state index in [-0.39, 0.29) is 5.91 Å². The van der Waals surface area contributed by atoms with Crippen molar-refractivity contribution in [2.24, 2.45) is 13.0 Å². The van der Waals surface area contributed by atoms with Gasteiger partial charge in [0.15, 0.2) is 5.82 Å². The Morgan fingerprint density at radius 3 is 2.86 bits per heavy atom. The van der Waals surface area contributed by atoms with E-state index in [2.05, 4.69) is 34.2 Å². The van der Waals surface area contributed by atoms with Crippen molar-refractivity contribution in [3.8, 4) is 0 Å². The van der Waals surface area contributed by atoms with Crippen LogP contribution in [0.4, 0.5) is 0 Å². The van der Waals surface area contributed by atoms with Crippen LogP contribution in [0, 0.1) is 5.92 Å². The van der Waals surface area contributed by atoms with Gasteiger partial charge in [-0.3, -0.25) is 4.79 Å². The van der Waals surface area contributed by atoms with E-state index in [0.717, 1.165) is 12.2 Å². The quantitative estimate of drug-likeness (QED) is 0.757. The fraction of sp³-hybridized carbons (Fsp3) is 0.643. The fourth-order valence-electron chi connectivity index (χ4n) is 2.04. The van der Waals surface area contributed by atoms with Crippen molar-refractivity contribution in [1.29, 1.82) is 0 Å². The Morgan fingerprint density at radius 1 is 1.45 bits per heavy atom. The summed E-state index contributed by atoms with van der Waals surface area (Å²) in [4.78, 5) is 18.0. The van der Waals surface area contributed by atoms with Gasteiger partial charge in [0, 0.05) is 33.4 Å².